The zero-order valence-corrected chi connectivity index (χ0v) is 37.6. The van der Waals surface area contributed by atoms with Crippen molar-refractivity contribution >= 4 is 98.7 Å². The Bertz CT molecular complexity index is 4160. The Morgan fingerprint density at radius 1 is 0.258 bits per heavy atom. The quantitative estimate of drug-likeness (QED) is 0.120. The normalized spacial score (nSPS) is 11.9. The summed E-state index contributed by atoms with van der Waals surface area (Å²) in [6.45, 7) is 0. The molecule has 2 heterocycles. The van der Waals surface area contributed by atoms with Crippen LogP contribution in [0.25, 0.3) is 134 Å². The van der Waals surface area contributed by atoms with E-state index in [1.54, 1.807) is 0 Å². The average molecular weight is 901 g/mol. The van der Waals surface area contributed by atoms with E-state index in [1.807, 2.05) is 0 Å². The van der Waals surface area contributed by atoms with Gasteiger partial charge in [0.25, 0.3) is 0 Å². The molecule has 0 aliphatic rings. The van der Waals surface area contributed by atoms with Gasteiger partial charge in [0.2, 0.25) is 0 Å². The summed E-state index contributed by atoms with van der Waals surface area (Å²) in [5.74, 6) is 0. The van der Waals surface area contributed by atoms with Crippen LogP contribution in [-0.2, 0) is 0 Å². The molecule has 0 aliphatic heterocycles. The second-order valence-corrected chi connectivity index (χ2v) is 19.7. The van der Waals surface area contributed by atoms with E-state index < -0.39 is 0 Å². The van der Waals surface area contributed by atoms with Crippen molar-refractivity contribution in [2.75, 3.05) is 0 Å². The molecule has 14 rings (SSSR count). The Kier molecular flexibility index (Phi) is 8.37. The number of hydrogen-bond donors (Lipinski definition) is 0. The Balaban J connectivity index is 1.01. The summed E-state index contributed by atoms with van der Waals surface area (Å²) in [7, 11) is 0. The van der Waals surface area contributed by atoms with Crippen molar-refractivity contribution in [3.05, 3.63) is 237 Å². The van der Waals surface area contributed by atoms with E-state index in [1.165, 1.54) is 134 Å². The second kappa shape index (κ2) is 14.8. The molecule has 0 bridgehead atoms. The number of nitrogens with zero attached hydrogens (tertiary/aromatic N) is 1. The van der Waals surface area contributed by atoms with Crippen LogP contribution in [-0.4, -0.2) is 19.1 Å². The first-order valence-corrected chi connectivity index (χ1v) is 24.5. The minimum absolute atomic E-state index is 0.139. The van der Waals surface area contributed by atoms with E-state index >= 15 is 0 Å². The van der Waals surface area contributed by atoms with Crippen molar-refractivity contribution in [2.45, 2.75) is 0 Å². The molecule has 0 amide bonds. The molecule has 0 radical (unpaired) electrons. The fourth-order valence-corrected chi connectivity index (χ4v) is 13.8. The first-order valence-electron chi connectivity index (χ1n) is 22.8. The van der Waals surface area contributed by atoms with Gasteiger partial charge in [-0.3, -0.25) is 0 Å². The van der Waals surface area contributed by atoms with Crippen molar-refractivity contribution < 1.29 is 0 Å². The molecule has 0 fully saturated rings. The third-order valence-electron chi connectivity index (χ3n) is 14.0. The van der Waals surface area contributed by atoms with Gasteiger partial charge in [0, 0.05) is 0 Å². The molecule has 306 valence electrons. The molecule has 0 N–H and O–H groups in total. The van der Waals surface area contributed by atoms with Crippen molar-refractivity contribution in [1.82, 2.24) is 4.57 Å². The SMILES string of the molecule is c1ccc(-c2c3ccccc3c(-c3ccc4c(c3)[se]c3cccc(-c5c6ccccc6c(-c6cccc7c6c6ccccc6n7-c6ccccc6)c6ccccc56)c34)c3ccccc23)cc1. The number of benzene rings is 12. The summed E-state index contributed by atoms with van der Waals surface area (Å²) in [5, 5.41) is 15.5. The third kappa shape index (κ3) is 5.47. The van der Waals surface area contributed by atoms with Gasteiger partial charge in [-0.1, -0.05) is 24.3 Å². The van der Waals surface area contributed by atoms with E-state index in [2.05, 4.69) is 241 Å². The van der Waals surface area contributed by atoms with E-state index in [0.29, 0.717) is 0 Å². The third-order valence-corrected chi connectivity index (χ3v) is 16.3. The van der Waals surface area contributed by atoms with Gasteiger partial charge >= 0.3 is 354 Å². The van der Waals surface area contributed by atoms with Gasteiger partial charge in [-0.15, -0.1) is 0 Å². The molecule has 0 atom stereocenters. The second-order valence-electron chi connectivity index (χ2n) is 17.4. The Hall–Kier alpha value is -8.00. The summed E-state index contributed by atoms with van der Waals surface area (Å²) in [4.78, 5) is 0. The molecule has 2 heteroatoms. The molecule has 0 saturated carbocycles. The number of rotatable bonds is 5. The van der Waals surface area contributed by atoms with Crippen molar-refractivity contribution in [3.63, 3.8) is 0 Å². The summed E-state index contributed by atoms with van der Waals surface area (Å²) >= 11 is 0.139. The van der Waals surface area contributed by atoms with Gasteiger partial charge in [0.1, 0.15) is 0 Å². The number of fused-ring (bicyclic) bond motifs is 10. The standard InChI is InChI=1S/C64H39NSe/c1-3-19-40(20-4-1)59-43-23-7-9-25-45(43)60(46-26-10-8-24-44(46)59)41-37-38-52-58(39-41)66-57-36-18-33-54(64(52)57)62-49-29-13-11-27-47(49)61(48-28-12-14-30-50(48)62)53-32-17-35-56-63(53)51-31-15-16-34-55(51)65(56)42-21-5-2-6-22-42/h1-39H. The Labute approximate surface area is 387 Å². The summed E-state index contributed by atoms with van der Waals surface area (Å²) < 4.78 is 5.31. The predicted molar refractivity (Wildman–Crippen MR) is 285 cm³/mol. The number of para-hydroxylation sites is 2. The van der Waals surface area contributed by atoms with E-state index in [4.69, 9.17) is 0 Å². The topological polar surface area (TPSA) is 4.93 Å². The van der Waals surface area contributed by atoms with Crippen molar-refractivity contribution in [3.8, 4) is 50.2 Å². The van der Waals surface area contributed by atoms with Crippen LogP contribution in [0.15, 0.2) is 237 Å². The van der Waals surface area contributed by atoms with Gasteiger partial charge in [-0.2, -0.15) is 0 Å². The zero-order valence-electron chi connectivity index (χ0n) is 35.9. The summed E-state index contributed by atoms with van der Waals surface area (Å²) in [5.41, 5.74) is 13.9. The van der Waals surface area contributed by atoms with Crippen LogP contribution in [0.3, 0.4) is 0 Å². The molecule has 0 aliphatic carbocycles. The molecular weight excluding hydrogens is 862 g/mol. The number of hydrogen-bond acceptors (Lipinski definition) is 0. The molecule has 0 saturated heterocycles. The Morgan fingerprint density at radius 2 is 0.697 bits per heavy atom. The summed E-state index contributed by atoms with van der Waals surface area (Å²) in [6, 6.07) is 88.1. The zero-order chi connectivity index (χ0) is 43.3. The van der Waals surface area contributed by atoms with E-state index in [-0.39, 0.29) is 14.5 Å². The van der Waals surface area contributed by atoms with E-state index in [9.17, 15) is 0 Å². The van der Waals surface area contributed by atoms with Crippen LogP contribution in [0, 0.1) is 0 Å². The maximum atomic E-state index is 2.52. The molecule has 14 aromatic rings. The molecule has 0 spiro atoms. The van der Waals surface area contributed by atoms with Gasteiger partial charge in [-0.25, -0.2) is 0 Å². The van der Waals surface area contributed by atoms with Gasteiger partial charge in [0.05, 0.1) is 0 Å². The first kappa shape index (κ1) is 37.4. The average Bonchev–Trinajstić information content (AvgIpc) is 3.93. The molecular formula is C64H39NSe. The molecule has 2 aromatic heterocycles. The van der Waals surface area contributed by atoms with Gasteiger partial charge in [-0.05, 0) is 12.1 Å². The molecule has 12 aromatic carbocycles. The first-order chi connectivity index (χ1) is 32.8. The summed E-state index contributed by atoms with van der Waals surface area (Å²) in [6.07, 6.45) is 0. The van der Waals surface area contributed by atoms with Gasteiger partial charge in [0.15, 0.2) is 0 Å². The number of aromatic nitrogens is 1. The minimum atomic E-state index is 0.139. The predicted octanol–water partition coefficient (Wildman–Crippen LogP) is 17.4. The van der Waals surface area contributed by atoms with Crippen LogP contribution in [0.4, 0.5) is 0 Å². The monoisotopic (exact) mass is 901 g/mol. The fraction of sp³-hybridized carbons (Fsp3) is 0. The van der Waals surface area contributed by atoms with Crippen LogP contribution < -0.4 is 0 Å². The van der Waals surface area contributed by atoms with E-state index in [0.717, 1.165) is 0 Å². The van der Waals surface area contributed by atoms with Crippen LogP contribution in [0.2, 0.25) is 0 Å². The Morgan fingerprint density at radius 3 is 1.27 bits per heavy atom. The van der Waals surface area contributed by atoms with Crippen LogP contribution in [0.5, 0.6) is 0 Å². The maximum absolute atomic E-state index is 2.52. The van der Waals surface area contributed by atoms with Crippen molar-refractivity contribution in [2.24, 2.45) is 0 Å². The molecule has 1 nitrogen and oxygen atoms in total. The molecule has 66 heavy (non-hydrogen) atoms. The van der Waals surface area contributed by atoms with Gasteiger partial charge < -0.3 is 0 Å². The van der Waals surface area contributed by atoms with Crippen LogP contribution >= 0.6 is 0 Å². The molecule has 0 unspecified atom stereocenters. The van der Waals surface area contributed by atoms with Crippen molar-refractivity contribution in [1.29, 1.82) is 0 Å². The fourth-order valence-electron chi connectivity index (χ4n) is 11.3. The van der Waals surface area contributed by atoms with Crippen LogP contribution in [0.1, 0.15) is 0 Å².